The first-order valence-electron chi connectivity index (χ1n) is 11.5. The highest BCUT2D eigenvalue weighted by molar-refractivity contribution is 5.72. The number of rotatable bonds is 3. The standard InChI is InChI=1S/C22H26N6O4/c29-17-11-16(14-4-9-27(10-5-14)21(30)31)28-19(24-17)15(12-23-28)18-25-20(32-26-18)22-6-1-13(2-7-22)3-8-22/h11-14H,1-10H2,(H,24,29)(H,30,31). The zero-order valence-corrected chi connectivity index (χ0v) is 17.8. The van der Waals surface area contributed by atoms with Crippen molar-refractivity contribution in [2.45, 2.75) is 62.7 Å². The molecule has 3 aromatic heterocycles. The normalized spacial score (nSPS) is 26.1. The molecule has 3 saturated carbocycles. The van der Waals surface area contributed by atoms with Crippen molar-refractivity contribution in [1.82, 2.24) is 29.6 Å². The number of piperidine rings is 1. The van der Waals surface area contributed by atoms with Crippen LogP contribution in [0.4, 0.5) is 4.79 Å². The maximum atomic E-state index is 12.5. The van der Waals surface area contributed by atoms with Crippen LogP contribution in [0.15, 0.2) is 21.6 Å². The van der Waals surface area contributed by atoms with E-state index in [1.807, 2.05) is 0 Å². The molecule has 2 N–H and O–H groups in total. The minimum Gasteiger partial charge on any atom is -0.465 e. The molecule has 0 radical (unpaired) electrons. The first-order chi connectivity index (χ1) is 15.5. The van der Waals surface area contributed by atoms with Crippen LogP contribution in [0.2, 0.25) is 0 Å². The summed E-state index contributed by atoms with van der Waals surface area (Å²) in [6.07, 6.45) is 9.05. The highest BCUT2D eigenvalue weighted by Crippen LogP contribution is 2.51. The maximum absolute atomic E-state index is 12.5. The van der Waals surface area contributed by atoms with E-state index in [-0.39, 0.29) is 16.9 Å². The van der Waals surface area contributed by atoms with Crippen molar-refractivity contribution in [3.8, 4) is 11.4 Å². The van der Waals surface area contributed by atoms with Crippen LogP contribution in [-0.2, 0) is 5.41 Å². The molecule has 0 aromatic carbocycles. The van der Waals surface area contributed by atoms with Crippen molar-refractivity contribution >= 4 is 11.7 Å². The highest BCUT2D eigenvalue weighted by atomic mass is 16.5. The fourth-order valence-electron chi connectivity index (χ4n) is 5.95. The van der Waals surface area contributed by atoms with Crippen molar-refractivity contribution in [3.05, 3.63) is 34.2 Å². The molecular formula is C22H26N6O4. The van der Waals surface area contributed by atoms with E-state index in [2.05, 4.69) is 15.2 Å². The number of amides is 1. The van der Waals surface area contributed by atoms with Crippen molar-refractivity contribution < 1.29 is 14.4 Å². The third-order valence-corrected chi connectivity index (χ3v) is 7.93. The minimum atomic E-state index is -0.903. The monoisotopic (exact) mass is 438 g/mol. The Labute approximate surface area is 183 Å². The average Bonchev–Trinajstić information content (AvgIpc) is 3.47. The molecule has 10 nitrogen and oxygen atoms in total. The Hall–Kier alpha value is -3.17. The molecule has 10 heteroatoms. The summed E-state index contributed by atoms with van der Waals surface area (Å²) in [5.74, 6) is 2.07. The molecular weight excluding hydrogens is 412 g/mol. The lowest BCUT2D eigenvalue weighted by Gasteiger charge is -2.43. The van der Waals surface area contributed by atoms with Crippen molar-refractivity contribution in [2.75, 3.05) is 13.1 Å². The summed E-state index contributed by atoms with van der Waals surface area (Å²) in [6.45, 7) is 0.888. The summed E-state index contributed by atoms with van der Waals surface area (Å²) < 4.78 is 7.49. The molecule has 168 valence electrons. The fourth-order valence-corrected chi connectivity index (χ4v) is 5.95. The lowest BCUT2D eigenvalue weighted by Crippen LogP contribution is -2.37. The number of carboxylic acid groups (broad SMARTS) is 1. The van der Waals surface area contributed by atoms with Crippen LogP contribution in [0.5, 0.6) is 0 Å². The number of nitrogens with zero attached hydrogens (tertiary/aromatic N) is 5. The van der Waals surface area contributed by atoms with E-state index in [1.165, 1.54) is 24.2 Å². The predicted molar refractivity (Wildman–Crippen MR) is 114 cm³/mol. The van der Waals surface area contributed by atoms with Crippen molar-refractivity contribution in [1.29, 1.82) is 0 Å². The van der Waals surface area contributed by atoms with E-state index in [1.54, 1.807) is 16.8 Å². The molecule has 2 bridgehead atoms. The van der Waals surface area contributed by atoms with Gasteiger partial charge in [-0.15, -0.1) is 0 Å². The van der Waals surface area contributed by atoms with Gasteiger partial charge in [0.2, 0.25) is 11.7 Å². The zero-order chi connectivity index (χ0) is 21.9. The van der Waals surface area contributed by atoms with Gasteiger partial charge in [0.15, 0.2) is 0 Å². The lowest BCUT2D eigenvalue weighted by atomic mass is 9.60. The van der Waals surface area contributed by atoms with Crippen LogP contribution in [0.3, 0.4) is 0 Å². The number of H-pyrrole nitrogens is 1. The lowest BCUT2D eigenvalue weighted by molar-refractivity contribution is 0.103. The van der Waals surface area contributed by atoms with E-state index in [0.717, 1.165) is 30.9 Å². The van der Waals surface area contributed by atoms with Gasteiger partial charge in [-0.2, -0.15) is 10.1 Å². The molecule has 0 atom stereocenters. The van der Waals surface area contributed by atoms with Crippen molar-refractivity contribution in [2.24, 2.45) is 5.92 Å². The van der Waals surface area contributed by atoms with Gasteiger partial charge in [-0.1, -0.05) is 5.16 Å². The molecule has 0 unspecified atom stereocenters. The third kappa shape index (κ3) is 3.03. The molecule has 0 spiro atoms. The number of nitrogens with one attached hydrogen (secondary N) is 1. The third-order valence-electron chi connectivity index (χ3n) is 7.93. The SMILES string of the molecule is O=C(O)N1CCC(c2cc(=O)[nH]c3c(-c4noc(C56CCC(CC5)CC6)n4)cnn23)CC1. The largest absolute Gasteiger partial charge is 0.465 e. The quantitative estimate of drug-likeness (QED) is 0.642. The van der Waals surface area contributed by atoms with Crippen LogP contribution in [0.1, 0.15) is 68.9 Å². The second-order valence-electron chi connectivity index (χ2n) is 9.61. The fraction of sp³-hybridized carbons (Fsp3) is 0.591. The summed E-state index contributed by atoms with van der Waals surface area (Å²) in [4.78, 5) is 32.8. The first-order valence-corrected chi connectivity index (χ1v) is 11.5. The van der Waals surface area contributed by atoms with Gasteiger partial charge in [-0.05, 0) is 57.3 Å². The Morgan fingerprint density at radius 3 is 2.56 bits per heavy atom. The molecule has 1 amide bonds. The average molecular weight is 438 g/mol. The van der Waals surface area contributed by atoms with Crippen LogP contribution in [0, 0.1) is 5.92 Å². The van der Waals surface area contributed by atoms with Gasteiger partial charge in [0.1, 0.15) is 5.65 Å². The molecule has 1 saturated heterocycles. The highest BCUT2D eigenvalue weighted by Gasteiger charge is 2.45. The van der Waals surface area contributed by atoms with Gasteiger partial charge >= 0.3 is 6.09 Å². The van der Waals surface area contributed by atoms with Crippen LogP contribution in [0.25, 0.3) is 17.0 Å². The van der Waals surface area contributed by atoms with E-state index in [0.29, 0.717) is 48.9 Å². The van der Waals surface area contributed by atoms with Crippen LogP contribution in [-0.4, -0.2) is 53.9 Å². The Balaban J connectivity index is 1.34. The second-order valence-corrected chi connectivity index (χ2v) is 9.61. The maximum Gasteiger partial charge on any atom is 0.407 e. The Kier molecular flexibility index (Phi) is 4.38. The van der Waals surface area contributed by atoms with E-state index < -0.39 is 6.09 Å². The number of aromatic nitrogens is 5. The Bertz CT molecular complexity index is 1210. The van der Waals surface area contributed by atoms with Gasteiger partial charge in [0, 0.05) is 30.5 Å². The van der Waals surface area contributed by atoms with Gasteiger partial charge < -0.3 is 19.5 Å². The van der Waals surface area contributed by atoms with Gasteiger partial charge in [-0.25, -0.2) is 9.31 Å². The van der Waals surface area contributed by atoms with Gasteiger partial charge in [0.05, 0.1) is 17.5 Å². The van der Waals surface area contributed by atoms with Gasteiger partial charge in [0.25, 0.3) is 5.56 Å². The molecule has 7 rings (SSSR count). The van der Waals surface area contributed by atoms with Crippen LogP contribution < -0.4 is 5.56 Å². The Morgan fingerprint density at radius 2 is 1.88 bits per heavy atom. The van der Waals surface area contributed by atoms with E-state index in [4.69, 9.17) is 9.51 Å². The number of carbonyl (C=O) groups is 1. The van der Waals surface area contributed by atoms with Crippen LogP contribution >= 0.6 is 0 Å². The summed E-state index contributed by atoms with van der Waals surface area (Å²) >= 11 is 0. The Morgan fingerprint density at radius 1 is 1.16 bits per heavy atom. The zero-order valence-electron chi connectivity index (χ0n) is 17.8. The number of hydrogen-bond acceptors (Lipinski definition) is 6. The molecule has 4 fully saturated rings. The first kappa shape index (κ1) is 19.5. The predicted octanol–water partition coefficient (Wildman–Crippen LogP) is 3.15. The number of hydrogen-bond donors (Lipinski definition) is 2. The summed E-state index contributed by atoms with van der Waals surface area (Å²) in [6, 6.07) is 1.56. The molecule has 3 aromatic rings. The second kappa shape index (κ2) is 7.18. The topological polar surface area (TPSA) is 130 Å². The minimum absolute atomic E-state index is 0.000348. The number of fused-ring (bicyclic) bond motifs is 4. The molecule has 4 aliphatic rings. The molecule has 4 heterocycles. The smallest absolute Gasteiger partial charge is 0.407 e. The summed E-state index contributed by atoms with van der Waals surface area (Å²) in [7, 11) is 0. The van der Waals surface area contributed by atoms with Gasteiger partial charge in [-0.3, -0.25) is 4.79 Å². The van der Waals surface area contributed by atoms with E-state index in [9.17, 15) is 14.7 Å². The number of likely N-dealkylation sites (tertiary alicyclic amines) is 1. The molecule has 1 aliphatic heterocycles. The summed E-state index contributed by atoms with van der Waals surface area (Å²) in [5, 5.41) is 18.0. The van der Waals surface area contributed by atoms with Crippen molar-refractivity contribution in [3.63, 3.8) is 0 Å². The molecule has 3 aliphatic carbocycles. The number of aromatic amines is 1. The molecule has 32 heavy (non-hydrogen) atoms. The summed E-state index contributed by atoms with van der Waals surface area (Å²) in [5.41, 5.74) is 1.75. The van der Waals surface area contributed by atoms with E-state index >= 15 is 0 Å².